The first kappa shape index (κ1) is 9.75. The summed E-state index contributed by atoms with van der Waals surface area (Å²) in [5, 5.41) is 4.17. The third-order valence-electron chi connectivity index (χ3n) is 2.44. The number of hydrogen-bond acceptors (Lipinski definition) is 1. The molecule has 0 atom stereocenters. The van der Waals surface area contributed by atoms with Crippen LogP contribution >= 0.6 is 11.6 Å². The molecule has 0 bridgehead atoms. The zero-order valence-corrected chi connectivity index (χ0v) is 8.85. The maximum atomic E-state index is 5.82. The second kappa shape index (κ2) is 4.63. The van der Waals surface area contributed by atoms with Gasteiger partial charge in [0, 0.05) is 11.6 Å². The topological polar surface area (TPSA) is 12.0 Å². The highest BCUT2D eigenvalue weighted by Crippen LogP contribution is 2.15. The van der Waals surface area contributed by atoms with E-state index in [1.807, 2.05) is 12.1 Å². The number of halogens is 1. The van der Waals surface area contributed by atoms with Crippen LogP contribution in [0.4, 0.5) is 0 Å². The Morgan fingerprint density at radius 1 is 1.21 bits per heavy atom. The van der Waals surface area contributed by atoms with Gasteiger partial charge in [0.25, 0.3) is 0 Å². The van der Waals surface area contributed by atoms with E-state index in [1.54, 1.807) is 0 Å². The zero-order valence-electron chi connectivity index (χ0n) is 8.09. The summed E-state index contributed by atoms with van der Waals surface area (Å²) in [6.45, 7) is 2.18. The highest BCUT2D eigenvalue weighted by atomic mass is 35.5. The van der Waals surface area contributed by atoms with Crippen LogP contribution < -0.4 is 5.32 Å². The Hall–Kier alpha value is -0.790. The monoisotopic (exact) mass is 207 g/mol. The van der Waals surface area contributed by atoms with Crippen LogP contribution in [0.5, 0.6) is 0 Å². The molecule has 0 saturated carbocycles. The number of nitrogens with one attached hydrogen (secondary N) is 1. The summed E-state index contributed by atoms with van der Waals surface area (Å²) in [6.07, 6.45) is 4.72. The van der Waals surface area contributed by atoms with Crippen molar-refractivity contribution in [2.75, 3.05) is 13.1 Å². The van der Waals surface area contributed by atoms with Gasteiger partial charge >= 0.3 is 0 Å². The first-order chi connectivity index (χ1) is 6.84. The standard InChI is InChI=1S/C12H14ClN/c13-12-5-3-10(4-6-12)8-11-2-1-7-14-9-11/h3-6,8,14H,1-2,7,9H2. The van der Waals surface area contributed by atoms with Gasteiger partial charge in [-0.25, -0.2) is 0 Å². The van der Waals surface area contributed by atoms with Gasteiger partial charge in [-0.15, -0.1) is 0 Å². The van der Waals surface area contributed by atoms with Crippen molar-refractivity contribution >= 4 is 17.7 Å². The minimum atomic E-state index is 0.800. The van der Waals surface area contributed by atoms with Crippen LogP contribution in [0.1, 0.15) is 18.4 Å². The molecule has 1 aliphatic rings. The summed E-state index contributed by atoms with van der Waals surface area (Å²) in [5.74, 6) is 0. The van der Waals surface area contributed by atoms with E-state index in [-0.39, 0.29) is 0 Å². The molecule has 74 valence electrons. The van der Waals surface area contributed by atoms with Crippen molar-refractivity contribution in [3.05, 3.63) is 40.4 Å². The molecule has 0 amide bonds. The van der Waals surface area contributed by atoms with Crippen molar-refractivity contribution in [2.45, 2.75) is 12.8 Å². The van der Waals surface area contributed by atoms with Crippen LogP contribution in [0.2, 0.25) is 5.02 Å². The quantitative estimate of drug-likeness (QED) is 0.746. The van der Waals surface area contributed by atoms with Crippen molar-refractivity contribution < 1.29 is 0 Å². The molecule has 14 heavy (non-hydrogen) atoms. The van der Waals surface area contributed by atoms with Gasteiger partial charge in [-0.2, -0.15) is 0 Å². The fraction of sp³-hybridized carbons (Fsp3) is 0.333. The lowest BCUT2D eigenvalue weighted by atomic mass is 10.0. The molecule has 1 N–H and O–H groups in total. The SMILES string of the molecule is Clc1ccc(C=C2CCCNC2)cc1. The van der Waals surface area contributed by atoms with Crippen LogP contribution in [0, 0.1) is 0 Å². The third kappa shape index (κ3) is 2.60. The lowest BCUT2D eigenvalue weighted by molar-refractivity contribution is 0.613. The number of hydrogen-bond donors (Lipinski definition) is 1. The number of rotatable bonds is 1. The third-order valence-corrected chi connectivity index (χ3v) is 2.70. The Labute approximate surface area is 89.8 Å². The van der Waals surface area contributed by atoms with Gasteiger partial charge in [0.15, 0.2) is 0 Å². The highest BCUT2D eigenvalue weighted by Gasteiger charge is 2.03. The van der Waals surface area contributed by atoms with Crippen molar-refractivity contribution in [1.82, 2.24) is 5.32 Å². The Morgan fingerprint density at radius 3 is 2.64 bits per heavy atom. The van der Waals surface area contributed by atoms with Crippen LogP contribution in [0.3, 0.4) is 0 Å². The van der Waals surface area contributed by atoms with Gasteiger partial charge < -0.3 is 5.32 Å². The Bertz CT molecular complexity index is 319. The predicted molar refractivity (Wildman–Crippen MR) is 61.5 cm³/mol. The molecule has 1 saturated heterocycles. The van der Waals surface area contributed by atoms with E-state index in [9.17, 15) is 0 Å². The van der Waals surface area contributed by atoms with Crippen LogP contribution in [0.15, 0.2) is 29.8 Å². The molecule has 0 unspecified atom stereocenters. The molecule has 1 heterocycles. The molecule has 2 heteroatoms. The molecule has 0 aliphatic carbocycles. The smallest absolute Gasteiger partial charge is 0.0406 e. The summed E-state index contributed by atoms with van der Waals surface area (Å²) in [5.41, 5.74) is 2.73. The van der Waals surface area contributed by atoms with Crippen LogP contribution in [-0.4, -0.2) is 13.1 Å². The van der Waals surface area contributed by atoms with Gasteiger partial charge in [-0.3, -0.25) is 0 Å². The van der Waals surface area contributed by atoms with Crippen molar-refractivity contribution in [2.24, 2.45) is 0 Å². The lowest BCUT2D eigenvalue weighted by Crippen LogP contribution is -2.23. The normalized spacial score (nSPS) is 19.9. The second-order valence-corrected chi connectivity index (χ2v) is 4.07. The average Bonchev–Trinajstić information content (AvgIpc) is 2.23. The maximum Gasteiger partial charge on any atom is 0.0406 e. The average molecular weight is 208 g/mol. The molecule has 1 aromatic rings. The molecular weight excluding hydrogens is 194 g/mol. The van der Waals surface area contributed by atoms with E-state index in [0.29, 0.717) is 0 Å². The molecule has 1 nitrogen and oxygen atoms in total. The van der Waals surface area contributed by atoms with Crippen molar-refractivity contribution in [1.29, 1.82) is 0 Å². The van der Waals surface area contributed by atoms with E-state index >= 15 is 0 Å². The fourth-order valence-electron chi connectivity index (χ4n) is 1.70. The van der Waals surface area contributed by atoms with Gasteiger partial charge in [0.05, 0.1) is 0 Å². The molecule has 0 aromatic heterocycles. The van der Waals surface area contributed by atoms with Gasteiger partial charge in [0.2, 0.25) is 0 Å². The summed E-state index contributed by atoms with van der Waals surface area (Å²) >= 11 is 5.82. The van der Waals surface area contributed by atoms with Crippen molar-refractivity contribution in [3.63, 3.8) is 0 Å². The summed E-state index contributed by atoms with van der Waals surface area (Å²) < 4.78 is 0. The van der Waals surface area contributed by atoms with E-state index in [2.05, 4.69) is 23.5 Å². The zero-order chi connectivity index (χ0) is 9.80. The molecule has 2 rings (SSSR count). The highest BCUT2D eigenvalue weighted by molar-refractivity contribution is 6.30. The Morgan fingerprint density at radius 2 is 2.00 bits per heavy atom. The van der Waals surface area contributed by atoms with Crippen LogP contribution in [0.25, 0.3) is 6.08 Å². The maximum absolute atomic E-state index is 5.82. The van der Waals surface area contributed by atoms with Crippen molar-refractivity contribution in [3.8, 4) is 0 Å². The number of benzene rings is 1. The minimum absolute atomic E-state index is 0.800. The first-order valence-corrected chi connectivity index (χ1v) is 5.38. The molecule has 1 aliphatic heterocycles. The molecular formula is C12H14ClN. The van der Waals surface area contributed by atoms with Gasteiger partial charge in [0.1, 0.15) is 0 Å². The van der Waals surface area contributed by atoms with E-state index < -0.39 is 0 Å². The lowest BCUT2D eigenvalue weighted by Gasteiger charge is -2.15. The summed E-state index contributed by atoms with van der Waals surface area (Å²) in [4.78, 5) is 0. The Balaban J connectivity index is 2.11. The fourth-order valence-corrected chi connectivity index (χ4v) is 1.82. The van der Waals surface area contributed by atoms with Gasteiger partial charge in [-0.05, 0) is 37.1 Å². The first-order valence-electron chi connectivity index (χ1n) is 5.00. The van der Waals surface area contributed by atoms with E-state index in [1.165, 1.54) is 24.0 Å². The van der Waals surface area contributed by atoms with Crippen LogP contribution in [-0.2, 0) is 0 Å². The largest absolute Gasteiger partial charge is 0.313 e. The molecule has 1 fully saturated rings. The molecule has 0 spiro atoms. The molecule has 0 radical (unpaired) electrons. The van der Waals surface area contributed by atoms with E-state index in [4.69, 9.17) is 11.6 Å². The van der Waals surface area contributed by atoms with E-state index in [0.717, 1.165) is 18.1 Å². The number of piperidine rings is 1. The molecule has 1 aromatic carbocycles. The predicted octanol–water partition coefficient (Wildman–Crippen LogP) is 3.11. The summed E-state index contributed by atoms with van der Waals surface area (Å²) in [6, 6.07) is 7.99. The summed E-state index contributed by atoms with van der Waals surface area (Å²) in [7, 11) is 0. The second-order valence-electron chi connectivity index (χ2n) is 3.63. The minimum Gasteiger partial charge on any atom is -0.313 e. The van der Waals surface area contributed by atoms with Gasteiger partial charge in [-0.1, -0.05) is 35.4 Å². The Kier molecular flexibility index (Phi) is 3.22.